The van der Waals surface area contributed by atoms with Gasteiger partial charge in [0.2, 0.25) is 0 Å². The number of hydrogen-bond donors (Lipinski definition) is 1. The van der Waals surface area contributed by atoms with E-state index in [9.17, 15) is 14.9 Å². The highest BCUT2D eigenvalue weighted by atomic mass is 35.5. The summed E-state index contributed by atoms with van der Waals surface area (Å²) in [5, 5.41) is 12.3. The molecule has 0 saturated heterocycles. The Bertz CT molecular complexity index is 978. The highest BCUT2D eigenvalue weighted by Gasteiger charge is 2.15. The Kier molecular flexibility index (Phi) is 7.63. The number of nitrogens with zero attached hydrogens (tertiary/aromatic N) is 1. The smallest absolute Gasteiger partial charge is 0.349 e. The number of rotatable bonds is 7. The largest absolute Gasteiger partial charge is 0.497 e. The van der Waals surface area contributed by atoms with Crippen LogP contribution in [-0.4, -0.2) is 32.7 Å². The molecule has 0 aromatic heterocycles. The van der Waals surface area contributed by atoms with Crippen LogP contribution in [-0.2, 0) is 14.3 Å². The molecule has 2 rings (SSSR count). The fourth-order valence-corrected chi connectivity index (χ4v) is 2.48. The number of methoxy groups -OCH3 is 2. The second kappa shape index (κ2) is 10.2. The lowest BCUT2D eigenvalue weighted by atomic mass is 10.1. The molecule has 0 atom stereocenters. The summed E-state index contributed by atoms with van der Waals surface area (Å²) < 4.78 is 15.2. The summed E-state index contributed by atoms with van der Waals surface area (Å²) in [7, 11) is 2.98. The van der Waals surface area contributed by atoms with Crippen LogP contribution in [0.3, 0.4) is 0 Å². The van der Waals surface area contributed by atoms with E-state index in [1.54, 1.807) is 49.4 Å². The zero-order chi connectivity index (χ0) is 21.4. The molecule has 8 heteroatoms. The van der Waals surface area contributed by atoms with Crippen LogP contribution in [0.2, 0.25) is 5.02 Å². The van der Waals surface area contributed by atoms with Crippen molar-refractivity contribution < 1.29 is 23.8 Å². The molecule has 7 nitrogen and oxygen atoms in total. The molecule has 0 unspecified atom stereocenters. The average Bonchev–Trinajstić information content (AvgIpc) is 2.73. The van der Waals surface area contributed by atoms with Gasteiger partial charge in [-0.2, -0.15) is 5.26 Å². The van der Waals surface area contributed by atoms with Gasteiger partial charge in [0.15, 0.2) is 6.61 Å². The molecular formula is C21H19ClN2O5. The van der Waals surface area contributed by atoms with Crippen molar-refractivity contribution in [3.8, 4) is 17.6 Å². The quantitative estimate of drug-likeness (QED) is 0.421. The van der Waals surface area contributed by atoms with Gasteiger partial charge in [0.1, 0.15) is 23.1 Å². The molecule has 2 aromatic carbocycles. The molecule has 0 heterocycles. The first-order valence-corrected chi connectivity index (χ1v) is 8.82. The second-order valence-corrected chi connectivity index (χ2v) is 6.28. The molecule has 0 fully saturated rings. The van der Waals surface area contributed by atoms with Gasteiger partial charge >= 0.3 is 5.97 Å². The molecule has 1 N–H and O–H groups in total. The van der Waals surface area contributed by atoms with Crippen LogP contribution in [0.25, 0.3) is 6.08 Å². The van der Waals surface area contributed by atoms with E-state index in [2.05, 4.69) is 5.32 Å². The van der Waals surface area contributed by atoms with Crippen LogP contribution in [0.5, 0.6) is 11.5 Å². The highest BCUT2D eigenvalue weighted by molar-refractivity contribution is 6.31. The Hall–Kier alpha value is -3.50. The lowest BCUT2D eigenvalue weighted by Gasteiger charge is -2.12. The molecule has 150 valence electrons. The van der Waals surface area contributed by atoms with Crippen LogP contribution >= 0.6 is 11.6 Å². The molecule has 0 spiro atoms. The van der Waals surface area contributed by atoms with Crippen molar-refractivity contribution in [3.63, 3.8) is 0 Å². The van der Waals surface area contributed by atoms with Gasteiger partial charge in [-0.3, -0.25) is 4.79 Å². The maximum absolute atomic E-state index is 12.1. The van der Waals surface area contributed by atoms with Crippen molar-refractivity contribution in [2.24, 2.45) is 0 Å². The van der Waals surface area contributed by atoms with Crippen molar-refractivity contribution in [2.45, 2.75) is 6.92 Å². The lowest BCUT2D eigenvalue weighted by molar-refractivity contribution is -0.142. The molecule has 0 radical (unpaired) electrons. The Morgan fingerprint density at radius 3 is 2.45 bits per heavy atom. The zero-order valence-electron chi connectivity index (χ0n) is 16.1. The van der Waals surface area contributed by atoms with Crippen molar-refractivity contribution >= 4 is 35.2 Å². The molecule has 0 saturated carbocycles. The number of amides is 1. The lowest BCUT2D eigenvalue weighted by Crippen LogP contribution is -2.21. The maximum atomic E-state index is 12.1. The van der Waals surface area contributed by atoms with E-state index in [-0.39, 0.29) is 5.57 Å². The first-order valence-electron chi connectivity index (χ1n) is 8.45. The van der Waals surface area contributed by atoms with Gasteiger partial charge in [-0.25, -0.2) is 4.79 Å². The summed E-state index contributed by atoms with van der Waals surface area (Å²) in [6, 6.07) is 11.8. The van der Waals surface area contributed by atoms with Crippen LogP contribution < -0.4 is 14.8 Å². The SMILES string of the molecule is COc1ccc(/C=C(\C#N)C(=O)OCC(=O)Nc2cc(C)c(Cl)cc2OC)cc1. The van der Waals surface area contributed by atoms with Crippen LogP contribution in [0, 0.1) is 18.3 Å². The minimum Gasteiger partial charge on any atom is -0.497 e. The van der Waals surface area contributed by atoms with Gasteiger partial charge in [0, 0.05) is 11.1 Å². The monoisotopic (exact) mass is 414 g/mol. The molecule has 29 heavy (non-hydrogen) atoms. The number of aryl methyl sites for hydroxylation is 1. The summed E-state index contributed by atoms with van der Waals surface area (Å²) in [4.78, 5) is 24.2. The summed E-state index contributed by atoms with van der Waals surface area (Å²) >= 11 is 6.03. The normalized spacial score (nSPS) is 10.7. The van der Waals surface area contributed by atoms with Gasteiger partial charge in [0.05, 0.1) is 19.9 Å². The van der Waals surface area contributed by atoms with E-state index >= 15 is 0 Å². The Morgan fingerprint density at radius 2 is 1.86 bits per heavy atom. The van der Waals surface area contributed by atoms with Gasteiger partial charge in [-0.1, -0.05) is 23.7 Å². The third-order valence-corrected chi connectivity index (χ3v) is 4.26. The predicted molar refractivity (Wildman–Crippen MR) is 109 cm³/mol. The second-order valence-electron chi connectivity index (χ2n) is 5.87. The minimum absolute atomic E-state index is 0.233. The third-order valence-electron chi connectivity index (χ3n) is 3.86. The van der Waals surface area contributed by atoms with E-state index in [4.69, 9.17) is 25.8 Å². The van der Waals surface area contributed by atoms with Crippen molar-refractivity contribution in [1.82, 2.24) is 0 Å². The van der Waals surface area contributed by atoms with Crippen molar-refractivity contribution in [2.75, 3.05) is 26.1 Å². The van der Waals surface area contributed by atoms with Crippen molar-refractivity contribution in [1.29, 1.82) is 5.26 Å². The number of anilines is 1. The van der Waals surface area contributed by atoms with E-state index in [0.29, 0.717) is 27.8 Å². The number of benzene rings is 2. The predicted octanol–water partition coefficient (Wildman–Crippen LogP) is 3.75. The fourth-order valence-electron chi connectivity index (χ4n) is 2.33. The van der Waals surface area contributed by atoms with E-state index in [0.717, 1.165) is 5.56 Å². The number of carbonyl (C=O) groups excluding carboxylic acids is 2. The topological polar surface area (TPSA) is 97.6 Å². The third kappa shape index (κ3) is 5.99. The van der Waals surface area contributed by atoms with Crippen LogP contribution in [0.15, 0.2) is 42.0 Å². The summed E-state index contributed by atoms with van der Waals surface area (Å²) in [5.41, 5.74) is 1.52. The van der Waals surface area contributed by atoms with E-state index < -0.39 is 18.5 Å². The van der Waals surface area contributed by atoms with Crippen LogP contribution in [0.4, 0.5) is 5.69 Å². The zero-order valence-corrected chi connectivity index (χ0v) is 16.9. The van der Waals surface area contributed by atoms with Gasteiger partial charge in [-0.05, 0) is 42.3 Å². The van der Waals surface area contributed by atoms with Gasteiger partial charge in [-0.15, -0.1) is 0 Å². The first kappa shape index (κ1) is 21.8. The molecule has 0 aliphatic heterocycles. The molecule has 2 aromatic rings. The molecule has 0 aliphatic carbocycles. The number of ether oxygens (including phenoxy) is 3. The van der Waals surface area contributed by atoms with E-state index in [1.165, 1.54) is 20.3 Å². The maximum Gasteiger partial charge on any atom is 0.349 e. The summed E-state index contributed by atoms with van der Waals surface area (Å²) in [6.07, 6.45) is 1.37. The minimum atomic E-state index is -0.905. The molecule has 1 amide bonds. The summed E-state index contributed by atoms with van der Waals surface area (Å²) in [5.74, 6) is -0.469. The Labute approximate surface area is 173 Å². The van der Waals surface area contributed by atoms with Gasteiger partial charge in [0.25, 0.3) is 5.91 Å². The fraction of sp³-hybridized carbons (Fsp3) is 0.190. The number of hydrogen-bond acceptors (Lipinski definition) is 6. The molecule has 0 bridgehead atoms. The summed E-state index contributed by atoms with van der Waals surface area (Å²) in [6.45, 7) is 1.21. The van der Waals surface area contributed by atoms with Crippen LogP contribution in [0.1, 0.15) is 11.1 Å². The standard InChI is InChI=1S/C21H19ClN2O5/c1-13-8-18(19(28-3)10-17(13)22)24-20(25)12-29-21(26)15(11-23)9-14-4-6-16(27-2)7-5-14/h4-10H,12H2,1-3H3,(H,24,25)/b15-9+. The Morgan fingerprint density at radius 1 is 1.17 bits per heavy atom. The van der Waals surface area contributed by atoms with Gasteiger partial charge < -0.3 is 19.5 Å². The number of nitriles is 1. The average molecular weight is 415 g/mol. The number of carbonyl (C=O) groups is 2. The number of esters is 1. The highest BCUT2D eigenvalue weighted by Crippen LogP contribution is 2.30. The molecular weight excluding hydrogens is 396 g/mol. The van der Waals surface area contributed by atoms with E-state index in [1.807, 2.05) is 0 Å². The Balaban J connectivity index is 2.01. The molecule has 0 aliphatic rings. The first-order chi connectivity index (χ1) is 13.9. The number of halogens is 1. The number of nitrogens with one attached hydrogen (secondary N) is 1. The van der Waals surface area contributed by atoms with Crippen molar-refractivity contribution in [3.05, 3.63) is 58.1 Å².